The first kappa shape index (κ1) is 12.9. The number of nitrogens with zero attached hydrogens (tertiary/aromatic N) is 2. The van der Waals surface area contributed by atoms with E-state index < -0.39 is 0 Å². The summed E-state index contributed by atoms with van der Waals surface area (Å²) in [6.45, 7) is 2.54. The molecule has 0 spiro atoms. The fourth-order valence-corrected chi connectivity index (χ4v) is 1.91. The molecule has 2 rings (SSSR count). The minimum atomic E-state index is -0.265. The predicted octanol–water partition coefficient (Wildman–Crippen LogP) is 3.46. The number of anilines is 1. The van der Waals surface area contributed by atoms with Gasteiger partial charge in [0.25, 0.3) is 5.91 Å². The molecule has 94 valence electrons. The van der Waals surface area contributed by atoms with Crippen LogP contribution in [-0.4, -0.2) is 15.7 Å². The van der Waals surface area contributed by atoms with Crippen LogP contribution in [0, 0.1) is 0 Å². The van der Waals surface area contributed by atoms with Gasteiger partial charge in [-0.1, -0.05) is 29.3 Å². The molecule has 0 saturated carbocycles. The van der Waals surface area contributed by atoms with Crippen molar-refractivity contribution in [2.45, 2.75) is 13.5 Å². The Morgan fingerprint density at radius 2 is 2.17 bits per heavy atom. The number of aromatic nitrogens is 2. The molecule has 6 heteroatoms. The Hall–Kier alpha value is -1.52. The van der Waals surface area contributed by atoms with Crippen LogP contribution in [0.3, 0.4) is 0 Å². The van der Waals surface area contributed by atoms with Gasteiger partial charge in [0.05, 0.1) is 15.7 Å². The van der Waals surface area contributed by atoms with Crippen LogP contribution in [0.25, 0.3) is 0 Å². The van der Waals surface area contributed by atoms with Crippen molar-refractivity contribution < 1.29 is 4.79 Å². The molecule has 1 N–H and O–H groups in total. The van der Waals surface area contributed by atoms with E-state index in [2.05, 4.69) is 10.4 Å². The summed E-state index contributed by atoms with van der Waals surface area (Å²) in [7, 11) is 0. The maximum absolute atomic E-state index is 12.0. The highest BCUT2D eigenvalue weighted by atomic mass is 35.5. The van der Waals surface area contributed by atoms with Gasteiger partial charge in [-0.25, -0.2) is 0 Å². The molecule has 0 aliphatic rings. The number of halogens is 2. The highest BCUT2D eigenvalue weighted by Gasteiger charge is 2.13. The van der Waals surface area contributed by atoms with E-state index in [1.165, 1.54) is 0 Å². The lowest BCUT2D eigenvalue weighted by Crippen LogP contribution is -2.17. The molecule has 18 heavy (non-hydrogen) atoms. The molecule has 0 bridgehead atoms. The molecule has 0 aliphatic heterocycles. The van der Waals surface area contributed by atoms with Crippen molar-refractivity contribution in [3.63, 3.8) is 0 Å². The van der Waals surface area contributed by atoms with Gasteiger partial charge in [-0.05, 0) is 25.1 Å². The highest BCUT2D eigenvalue weighted by molar-refractivity contribution is 6.44. The molecular weight excluding hydrogens is 273 g/mol. The van der Waals surface area contributed by atoms with E-state index in [0.717, 1.165) is 0 Å². The first-order valence-corrected chi connectivity index (χ1v) is 6.16. The van der Waals surface area contributed by atoms with Crippen molar-refractivity contribution in [3.8, 4) is 0 Å². The van der Waals surface area contributed by atoms with E-state index in [1.54, 1.807) is 35.1 Å². The monoisotopic (exact) mass is 283 g/mol. The van der Waals surface area contributed by atoms with Gasteiger partial charge in [0.15, 0.2) is 0 Å². The minimum absolute atomic E-state index is 0.265. The quantitative estimate of drug-likeness (QED) is 0.938. The third kappa shape index (κ3) is 2.49. The zero-order valence-electron chi connectivity index (χ0n) is 9.65. The molecule has 0 fully saturated rings. The van der Waals surface area contributed by atoms with Gasteiger partial charge in [0, 0.05) is 12.7 Å². The van der Waals surface area contributed by atoms with E-state index in [0.29, 0.717) is 28.0 Å². The number of aryl methyl sites for hydroxylation is 1. The minimum Gasteiger partial charge on any atom is -0.319 e. The average molecular weight is 284 g/mol. The Morgan fingerprint density at radius 3 is 2.89 bits per heavy atom. The van der Waals surface area contributed by atoms with Crippen molar-refractivity contribution in [1.82, 2.24) is 9.78 Å². The summed E-state index contributed by atoms with van der Waals surface area (Å²) >= 11 is 11.9. The highest BCUT2D eigenvalue weighted by Crippen LogP contribution is 2.29. The molecule has 2 aromatic rings. The Bertz CT molecular complexity index is 580. The van der Waals surface area contributed by atoms with Gasteiger partial charge >= 0.3 is 0 Å². The molecule has 1 aromatic heterocycles. The lowest BCUT2D eigenvalue weighted by molar-refractivity contribution is 0.101. The van der Waals surface area contributed by atoms with Gasteiger partial charge < -0.3 is 5.32 Å². The molecule has 4 nitrogen and oxygen atoms in total. The number of carbonyl (C=O) groups is 1. The third-order valence-electron chi connectivity index (χ3n) is 2.45. The molecule has 1 aromatic carbocycles. The Morgan fingerprint density at radius 1 is 1.39 bits per heavy atom. The number of benzene rings is 1. The smallest absolute Gasteiger partial charge is 0.273 e. The number of hydrogen-bond donors (Lipinski definition) is 1. The van der Waals surface area contributed by atoms with Crippen molar-refractivity contribution in [3.05, 3.63) is 46.2 Å². The standard InChI is InChI=1S/C12H11Cl2N3O/c1-2-17-10(6-7-15-17)12(18)16-9-5-3-4-8(13)11(9)14/h3-7H,2H2,1H3,(H,16,18). The molecule has 0 unspecified atom stereocenters. The molecule has 0 radical (unpaired) electrons. The number of nitrogens with one attached hydrogen (secondary N) is 1. The fraction of sp³-hybridized carbons (Fsp3) is 0.167. The van der Waals surface area contributed by atoms with Crippen molar-refractivity contribution in [2.24, 2.45) is 0 Å². The van der Waals surface area contributed by atoms with Crippen molar-refractivity contribution in [1.29, 1.82) is 0 Å². The largest absolute Gasteiger partial charge is 0.319 e. The maximum Gasteiger partial charge on any atom is 0.273 e. The second-order valence-corrected chi connectivity index (χ2v) is 4.37. The van der Waals surface area contributed by atoms with E-state index in [-0.39, 0.29) is 5.91 Å². The molecule has 0 saturated heterocycles. The van der Waals surface area contributed by atoms with Crippen LogP contribution in [0.15, 0.2) is 30.5 Å². The molecule has 1 amide bonds. The second-order valence-electron chi connectivity index (χ2n) is 3.59. The van der Waals surface area contributed by atoms with E-state index in [9.17, 15) is 4.79 Å². The molecular formula is C12H11Cl2N3O. The van der Waals surface area contributed by atoms with Crippen LogP contribution >= 0.6 is 23.2 Å². The van der Waals surface area contributed by atoms with Crippen LogP contribution in [0.2, 0.25) is 10.0 Å². The zero-order chi connectivity index (χ0) is 13.1. The zero-order valence-corrected chi connectivity index (χ0v) is 11.2. The Labute approximate surface area is 115 Å². The van der Waals surface area contributed by atoms with Gasteiger partial charge in [-0.3, -0.25) is 9.48 Å². The van der Waals surface area contributed by atoms with E-state index in [1.807, 2.05) is 6.92 Å². The summed E-state index contributed by atoms with van der Waals surface area (Å²) in [5.74, 6) is -0.265. The third-order valence-corrected chi connectivity index (χ3v) is 3.27. The topological polar surface area (TPSA) is 46.9 Å². The van der Waals surface area contributed by atoms with Crippen LogP contribution < -0.4 is 5.32 Å². The van der Waals surface area contributed by atoms with Crippen LogP contribution in [0.5, 0.6) is 0 Å². The molecule has 1 heterocycles. The summed E-state index contributed by atoms with van der Waals surface area (Å²) in [6, 6.07) is 6.73. The van der Waals surface area contributed by atoms with E-state index in [4.69, 9.17) is 23.2 Å². The fourth-order valence-electron chi connectivity index (χ4n) is 1.56. The van der Waals surface area contributed by atoms with Gasteiger partial charge in [0.1, 0.15) is 5.69 Å². The second kappa shape index (κ2) is 5.42. The molecule has 0 aliphatic carbocycles. The van der Waals surface area contributed by atoms with Crippen LogP contribution in [0.1, 0.15) is 17.4 Å². The van der Waals surface area contributed by atoms with E-state index >= 15 is 0 Å². The lowest BCUT2D eigenvalue weighted by atomic mass is 10.3. The van der Waals surface area contributed by atoms with Gasteiger partial charge in [0.2, 0.25) is 0 Å². The Kier molecular flexibility index (Phi) is 3.89. The SMILES string of the molecule is CCn1nccc1C(=O)Nc1cccc(Cl)c1Cl. The number of rotatable bonds is 3. The van der Waals surface area contributed by atoms with Gasteiger partial charge in [-0.2, -0.15) is 5.10 Å². The van der Waals surface area contributed by atoms with Crippen molar-refractivity contribution in [2.75, 3.05) is 5.32 Å². The maximum atomic E-state index is 12.0. The summed E-state index contributed by atoms with van der Waals surface area (Å²) in [5, 5.41) is 7.48. The Balaban J connectivity index is 2.24. The number of amides is 1. The first-order chi connectivity index (χ1) is 8.63. The number of carbonyl (C=O) groups excluding carboxylic acids is 1. The van der Waals surface area contributed by atoms with Crippen LogP contribution in [0.4, 0.5) is 5.69 Å². The predicted molar refractivity (Wildman–Crippen MR) is 72.3 cm³/mol. The summed E-state index contributed by atoms with van der Waals surface area (Å²) in [4.78, 5) is 12.0. The van der Waals surface area contributed by atoms with Gasteiger partial charge in [-0.15, -0.1) is 0 Å². The lowest BCUT2D eigenvalue weighted by Gasteiger charge is -2.08. The van der Waals surface area contributed by atoms with Crippen LogP contribution in [-0.2, 0) is 6.54 Å². The average Bonchev–Trinajstić information content (AvgIpc) is 2.83. The normalized spacial score (nSPS) is 10.4. The summed E-state index contributed by atoms with van der Waals surface area (Å²) < 4.78 is 1.60. The summed E-state index contributed by atoms with van der Waals surface area (Å²) in [6.07, 6.45) is 1.58. The summed E-state index contributed by atoms with van der Waals surface area (Å²) in [5.41, 5.74) is 0.964. The number of hydrogen-bond acceptors (Lipinski definition) is 2. The molecule has 0 atom stereocenters. The first-order valence-electron chi connectivity index (χ1n) is 5.40. The van der Waals surface area contributed by atoms with Crippen molar-refractivity contribution >= 4 is 34.8 Å².